The maximum absolute atomic E-state index is 10.2. The first kappa shape index (κ1) is 33.6. The van der Waals surface area contributed by atoms with Crippen LogP contribution >= 0.6 is 15.8 Å². The van der Waals surface area contributed by atoms with Crippen LogP contribution in [0.1, 0.15) is 0 Å². The summed E-state index contributed by atoms with van der Waals surface area (Å²) in [6.07, 6.45) is 0. The zero-order valence-corrected chi connectivity index (χ0v) is 26.6. The Morgan fingerprint density at radius 2 is 0.558 bits per heavy atom. The van der Waals surface area contributed by atoms with E-state index in [1.54, 1.807) is 12.1 Å². The van der Waals surface area contributed by atoms with Crippen LogP contribution in [0.5, 0.6) is 11.5 Å². The van der Waals surface area contributed by atoms with E-state index in [2.05, 4.69) is 55.2 Å². The fraction of sp³-hybridized carbons (Fsp3) is 0. The van der Waals surface area contributed by atoms with Gasteiger partial charge in [-0.2, -0.15) is 0 Å². The van der Waals surface area contributed by atoms with Gasteiger partial charge in [-0.15, -0.1) is 0 Å². The molecule has 0 heterocycles. The Morgan fingerprint density at radius 1 is 0.349 bits per heavy atom. The Labute approximate surface area is 268 Å². The van der Waals surface area contributed by atoms with Gasteiger partial charge in [0.05, 0.1) is 0 Å². The Kier molecular flexibility index (Phi) is 14.0. The van der Waals surface area contributed by atoms with Crippen LogP contribution in [0.3, 0.4) is 0 Å². The number of aromatic hydroxyl groups is 2. The summed E-state index contributed by atoms with van der Waals surface area (Å²) in [5.41, 5.74) is 0. The second-order valence-corrected chi connectivity index (χ2v) is 13.4. The summed E-state index contributed by atoms with van der Waals surface area (Å²) >= 11 is 0. The molecule has 0 saturated carbocycles. The molecule has 0 bridgehead atoms. The number of hydrogen-bond donors (Lipinski definition) is 2. The van der Waals surface area contributed by atoms with Crippen LogP contribution in [0.2, 0.25) is 0 Å². The predicted octanol–water partition coefficient (Wildman–Crippen LogP) is 6.26. The predicted molar refractivity (Wildman–Crippen MR) is 178 cm³/mol. The zero-order valence-electron chi connectivity index (χ0n) is 23.2. The summed E-state index contributed by atoms with van der Waals surface area (Å²) in [5.74, 6) is 0.734. The summed E-state index contributed by atoms with van der Waals surface area (Å²) in [4.78, 5) is 0. The summed E-state index contributed by atoms with van der Waals surface area (Å²) in [6, 6.07) is 56.8. The SMILES string of the molecule is Oc1ccccc1P(c1ccccc1)c1ccccc1.Oc1ccccc1P(c1ccccc1)c1ccccc1.[C-]#[O+].[Rh]. The Balaban J connectivity index is 0.000000218. The average Bonchev–Trinajstić information content (AvgIpc) is 3.07. The third kappa shape index (κ3) is 9.06. The van der Waals surface area contributed by atoms with Gasteiger partial charge in [0.2, 0.25) is 0 Å². The first-order valence-corrected chi connectivity index (χ1v) is 16.0. The van der Waals surface area contributed by atoms with Gasteiger partial charge in [0, 0.05) is 30.1 Å². The molecule has 0 saturated heterocycles. The van der Waals surface area contributed by atoms with E-state index in [-0.39, 0.29) is 19.5 Å². The molecule has 0 atom stereocenters. The van der Waals surface area contributed by atoms with Crippen LogP contribution in [0.15, 0.2) is 170 Å². The van der Waals surface area contributed by atoms with Gasteiger partial charge in [-0.25, -0.2) is 0 Å². The molecule has 215 valence electrons. The standard InChI is InChI=1S/2C18H15OP.CO.Rh/c2*19-17-13-7-8-14-18(17)20(15-9-3-1-4-10-15)16-11-5-2-6-12-16;1-2;/h2*1-14,19H;;. The maximum atomic E-state index is 10.2. The monoisotopic (exact) mass is 687 g/mol. The number of benzene rings is 6. The molecule has 0 aliphatic carbocycles. The van der Waals surface area contributed by atoms with Crippen molar-refractivity contribution in [1.29, 1.82) is 0 Å². The van der Waals surface area contributed by atoms with E-state index in [9.17, 15) is 10.2 Å². The second kappa shape index (κ2) is 18.0. The summed E-state index contributed by atoms with van der Waals surface area (Å²) in [7, 11) is -1.43. The molecule has 0 aromatic heterocycles. The van der Waals surface area contributed by atoms with E-state index in [1.807, 2.05) is 109 Å². The van der Waals surface area contributed by atoms with Crippen molar-refractivity contribution < 1.29 is 34.3 Å². The van der Waals surface area contributed by atoms with E-state index < -0.39 is 15.8 Å². The van der Waals surface area contributed by atoms with Crippen molar-refractivity contribution in [2.45, 2.75) is 0 Å². The van der Waals surface area contributed by atoms with E-state index in [0.29, 0.717) is 11.5 Å². The summed E-state index contributed by atoms with van der Waals surface area (Å²) < 4.78 is 7.50. The summed E-state index contributed by atoms with van der Waals surface area (Å²) in [6.45, 7) is 4.50. The van der Waals surface area contributed by atoms with Crippen LogP contribution in [0.4, 0.5) is 0 Å². The molecular weight excluding hydrogens is 657 g/mol. The second-order valence-electron chi connectivity index (χ2n) is 8.99. The third-order valence-electron chi connectivity index (χ3n) is 6.30. The van der Waals surface area contributed by atoms with Gasteiger partial charge >= 0.3 is 11.3 Å². The molecule has 0 aliphatic heterocycles. The fourth-order valence-electron chi connectivity index (χ4n) is 4.47. The van der Waals surface area contributed by atoms with E-state index in [1.165, 1.54) is 21.2 Å². The number of phenols is 2. The Bertz CT molecular complexity index is 1460. The van der Waals surface area contributed by atoms with E-state index >= 15 is 0 Å². The van der Waals surface area contributed by atoms with Crippen molar-refractivity contribution >= 4 is 47.7 Å². The fourth-order valence-corrected chi connectivity index (χ4v) is 9.14. The molecule has 6 aromatic rings. The van der Waals surface area contributed by atoms with Gasteiger partial charge in [-0.1, -0.05) is 158 Å². The van der Waals surface area contributed by atoms with Gasteiger partial charge < -0.3 is 10.2 Å². The minimum Gasteiger partial charge on any atom is 0 e. The minimum atomic E-state index is -0.717. The molecule has 6 heteroatoms. The van der Waals surface area contributed by atoms with E-state index in [0.717, 1.165) is 10.6 Å². The molecule has 6 aromatic carbocycles. The molecule has 0 aliphatic rings. The Morgan fingerprint density at radius 3 is 0.791 bits per heavy atom. The third-order valence-corrected chi connectivity index (χ3v) is 11.3. The number of phenolic OH excluding ortho intramolecular Hbond substituents is 2. The maximum Gasteiger partial charge on any atom is 0 e. The van der Waals surface area contributed by atoms with Gasteiger partial charge in [0.25, 0.3) is 0 Å². The van der Waals surface area contributed by atoms with Crippen LogP contribution < -0.4 is 31.8 Å². The largest absolute Gasteiger partial charge is 0 e. The molecule has 1 radical (unpaired) electrons. The van der Waals surface area contributed by atoms with Crippen molar-refractivity contribution in [3.63, 3.8) is 0 Å². The average molecular weight is 687 g/mol. The van der Waals surface area contributed by atoms with Crippen LogP contribution in [-0.4, -0.2) is 10.2 Å². The van der Waals surface area contributed by atoms with Crippen LogP contribution in [0.25, 0.3) is 0 Å². The van der Waals surface area contributed by atoms with Crippen molar-refractivity contribution in [3.8, 4) is 11.5 Å². The molecule has 6 rings (SSSR count). The molecule has 0 unspecified atom stereocenters. The number of para-hydroxylation sites is 2. The van der Waals surface area contributed by atoms with Gasteiger partial charge in [-0.3, -0.25) is 0 Å². The number of rotatable bonds is 6. The minimum absolute atomic E-state index is 0. The van der Waals surface area contributed by atoms with Crippen molar-refractivity contribution in [2.75, 3.05) is 0 Å². The Hall–Kier alpha value is -3.86. The molecule has 43 heavy (non-hydrogen) atoms. The summed E-state index contributed by atoms with van der Waals surface area (Å²) in [5, 5.41) is 27.4. The van der Waals surface area contributed by atoms with Crippen molar-refractivity contribution in [3.05, 3.63) is 177 Å². The molecule has 0 amide bonds. The van der Waals surface area contributed by atoms with Crippen molar-refractivity contribution in [1.82, 2.24) is 0 Å². The first-order chi connectivity index (χ1) is 20.7. The van der Waals surface area contributed by atoms with E-state index in [4.69, 9.17) is 4.65 Å². The molecule has 3 nitrogen and oxygen atoms in total. The topological polar surface area (TPSA) is 60.4 Å². The molecule has 0 fully saturated rings. The normalized spacial score (nSPS) is 9.95. The first-order valence-electron chi connectivity index (χ1n) is 13.3. The molecule has 2 N–H and O–H groups in total. The zero-order chi connectivity index (χ0) is 29.6. The van der Waals surface area contributed by atoms with Gasteiger partial charge in [-0.05, 0) is 49.2 Å². The van der Waals surface area contributed by atoms with Crippen LogP contribution in [-0.2, 0) is 24.1 Å². The van der Waals surface area contributed by atoms with Gasteiger partial charge in [0.1, 0.15) is 11.5 Å². The molecule has 0 spiro atoms. The van der Waals surface area contributed by atoms with Gasteiger partial charge in [0.15, 0.2) is 0 Å². The molecular formula is C37H30O3P2Rh. The van der Waals surface area contributed by atoms with Crippen molar-refractivity contribution in [2.24, 2.45) is 0 Å². The quantitative estimate of drug-likeness (QED) is 0.0941. The number of hydrogen-bond acceptors (Lipinski definition) is 2. The smallest absolute Gasteiger partial charge is 0 e. The van der Waals surface area contributed by atoms with Crippen LogP contribution in [0, 0.1) is 6.65 Å².